The van der Waals surface area contributed by atoms with Gasteiger partial charge >= 0.3 is 6.09 Å². The molecule has 1 aliphatic rings. The smallest absolute Gasteiger partial charge is 0.410 e. The van der Waals surface area contributed by atoms with Crippen LogP contribution in [0.5, 0.6) is 5.75 Å². The van der Waals surface area contributed by atoms with Gasteiger partial charge in [0.2, 0.25) is 0 Å². The maximum atomic E-state index is 12.0. The lowest BCUT2D eigenvalue weighted by molar-refractivity contribution is 0.0297. The third-order valence-electron chi connectivity index (χ3n) is 3.84. The summed E-state index contributed by atoms with van der Waals surface area (Å²) in [5.74, 6) is 1.33. The van der Waals surface area contributed by atoms with Crippen LogP contribution in [0.2, 0.25) is 0 Å². The van der Waals surface area contributed by atoms with Crippen molar-refractivity contribution < 1.29 is 14.3 Å². The highest BCUT2D eigenvalue weighted by Gasteiger charge is 2.27. The number of hydrogen-bond donors (Lipinski definition) is 1. The number of amides is 1. The Labute approximate surface area is 139 Å². The molecule has 0 aromatic heterocycles. The van der Waals surface area contributed by atoms with Crippen LogP contribution in [0.25, 0.3) is 0 Å². The summed E-state index contributed by atoms with van der Waals surface area (Å²) in [5.41, 5.74) is 0.721. The average Bonchev–Trinajstić information content (AvgIpc) is 2.47. The second-order valence-electron chi connectivity index (χ2n) is 7.16. The van der Waals surface area contributed by atoms with Gasteiger partial charge in [0.15, 0.2) is 0 Å². The number of carbonyl (C=O) groups is 1. The van der Waals surface area contributed by atoms with Crippen LogP contribution in [0.15, 0.2) is 24.3 Å². The van der Waals surface area contributed by atoms with Gasteiger partial charge < -0.3 is 19.7 Å². The number of likely N-dealkylation sites (N-methyl/N-ethyl adjacent to an activating group) is 1. The monoisotopic (exact) mass is 320 g/mol. The van der Waals surface area contributed by atoms with Gasteiger partial charge in [-0.3, -0.25) is 0 Å². The minimum Gasteiger partial charge on any atom is -0.493 e. The Morgan fingerprint density at radius 1 is 1.39 bits per heavy atom. The summed E-state index contributed by atoms with van der Waals surface area (Å²) < 4.78 is 11.1. The molecule has 0 aliphatic carbocycles. The second kappa shape index (κ2) is 7.21. The second-order valence-corrected chi connectivity index (χ2v) is 7.16. The molecule has 0 radical (unpaired) electrons. The zero-order chi connectivity index (χ0) is 17.0. The fourth-order valence-corrected chi connectivity index (χ4v) is 2.62. The number of benzene rings is 1. The summed E-state index contributed by atoms with van der Waals surface area (Å²) in [6.07, 6.45) is -0.292. The van der Waals surface area contributed by atoms with Crippen molar-refractivity contribution in [1.29, 1.82) is 0 Å². The van der Waals surface area contributed by atoms with Crippen molar-refractivity contribution in [1.82, 2.24) is 10.2 Å². The molecule has 0 saturated heterocycles. The molecule has 2 unspecified atom stereocenters. The molecule has 0 fully saturated rings. The van der Waals surface area contributed by atoms with E-state index in [1.165, 1.54) is 5.56 Å². The highest BCUT2D eigenvalue weighted by molar-refractivity contribution is 5.67. The zero-order valence-corrected chi connectivity index (χ0v) is 14.8. The molecule has 1 aliphatic heterocycles. The molecule has 1 N–H and O–H groups in total. The molecular formula is C18H28N2O3. The Balaban J connectivity index is 1.88. The maximum absolute atomic E-state index is 12.0. The largest absolute Gasteiger partial charge is 0.493 e. The first kappa shape index (κ1) is 17.6. The summed E-state index contributed by atoms with van der Waals surface area (Å²) in [6.45, 7) is 9.80. The molecule has 1 aromatic carbocycles. The van der Waals surface area contributed by atoms with Crippen LogP contribution in [0.4, 0.5) is 4.79 Å². The number of nitrogens with one attached hydrogen (secondary N) is 1. The minimum absolute atomic E-state index is 0.243. The highest BCUT2D eigenvalue weighted by atomic mass is 16.6. The normalized spacial score (nSPS) is 20.4. The minimum atomic E-state index is -0.465. The van der Waals surface area contributed by atoms with Gasteiger partial charge in [-0.25, -0.2) is 4.79 Å². The third-order valence-corrected chi connectivity index (χ3v) is 3.84. The predicted octanol–water partition coefficient (Wildman–Crippen LogP) is 3.21. The van der Waals surface area contributed by atoms with Crippen molar-refractivity contribution in [3.05, 3.63) is 29.8 Å². The van der Waals surface area contributed by atoms with Crippen molar-refractivity contribution in [3.63, 3.8) is 0 Å². The van der Waals surface area contributed by atoms with E-state index in [1.807, 2.05) is 39.0 Å². The van der Waals surface area contributed by atoms with Crippen LogP contribution in [-0.2, 0) is 4.74 Å². The molecule has 0 saturated carbocycles. The van der Waals surface area contributed by atoms with E-state index in [1.54, 1.807) is 11.9 Å². The third kappa shape index (κ3) is 4.86. The van der Waals surface area contributed by atoms with Gasteiger partial charge in [-0.05, 0) is 26.8 Å². The van der Waals surface area contributed by atoms with E-state index in [4.69, 9.17) is 9.47 Å². The van der Waals surface area contributed by atoms with E-state index in [0.29, 0.717) is 25.6 Å². The topological polar surface area (TPSA) is 50.8 Å². The number of nitrogens with zero attached hydrogens (tertiary/aromatic N) is 1. The van der Waals surface area contributed by atoms with Crippen LogP contribution in [-0.4, -0.2) is 43.3 Å². The molecule has 23 heavy (non-hydrogen) atoms. The van der Waals surface area contributed by atoms with Gasteiger partial charge in [-0.1, -0.05) is 25.1 Å². The summed E-state index contributed by atoms with van der Waals surface area (Å²) in [5, 5.41) is 3.55. The molecule has 0 spiro atoms. The maximum Gasteiger partial charge on any atom is 0.410 e. The Morgan fingerprint density at radius 2 is 2.09 bits per heavy atom. The summed E-state index contributed by atoms with van der Waals surface area (Å²) >= 11 is 0. The van der Waals surface area contributed by atoms with E-state index in [-0.39, 0.29) is 12.1 Å². The van der Waals surface area contributed by atoms with Crippen molar-refractivity contribution in [3.8, 4) is 5.75 Å². The Hall–Kier alpha value is -1.75. The van der Waals surface area contributed by atoms with Crippen LogP contribution in [0.1, 0.15) is 39.3 Å². The molecule has 1 heterocycles. The van der Waals surface area contributed by atoms with E-state index < -0.39 is 5.60 Å². The average molecular weight is 320 g/mol. The van der Waals surface area contributed by atoms with Gasteiger partial charge in [-0.15, -0.1) is 0 Å². The molecule has 1 amide bonds. The lowest BCUT2D eigenvalue weighted by atomic mass is 9.92. The fraction of sp³-hybridized carbons (Fsp3) is 0.611. The quantitative estimate of drug-likeness (QED) is 0.925. The summed E-state index contributed by atoms with van der Waals surface area (Å²) in [7, 11) is 1.76. The molecule has 2 rings (SSSR count). The number of rotatable bonds is 4. The number of para-hydroxylation sites is 1. The Kier molecular flexibility index (Phi) is 5.52. The van der Waals surface area contributed by atoms with Crippen molar-refractivity contribution in [2.45, 2.75) is 39.3 Å². The van der Waals surface area contributed by atoms with Crippen LogP contribution in [0.3, 0.4) is 0 Å². The predicted molar refractivity (Wildman–Crippen MR) is 90.7 cm³/mol. The summed E-state index contributed by atoms with van der Waals surface area (Å²) in [4.78, 5) is 13.6. The number of ether oxygens (including phenoxy) is 2. The molecule has 5 nitrogen and oxygen atoms in total. The van der Waals surface area contributed by atoms with E-state index in [2.05, 4.69) is 18.3 Å². The van der Waals surface area contributed by atoms with Gasteiger partial charge in [0.25, 0.3) is 0 Å². The zero-order valence-electron chi connectivity index (χ0n) is 14.8. The SMILES string of the molecule is CC1COc2ccccc2C1NCCN(C)C(=O)OC(C)(C)C. The van der Waals surface area contributed by atoms with E-state index in [0.717, 1.165) is 5.75 Å². The van der Waals surface area contributed by atoms with Crippen molar-refractivity contribution in [2.75, 3.05) is 26.7 Å². The molecular weight excluding hydrogens is 292 g/mol. The lowest BCUT2D eigenvalue weighted by Crippen LogP contribution is -2.41. The molecule has 128 valence electrons. The first-order valence-corrected chi connectivity index (χ1v) is 8.17. The Morgan fingerprint density at radius 3 is 2.78 bits per heavy atom. The van der Waals surface area contributed by atoms with Crippen molar-refractivity contribution in [2.24, 2.45) is 5.92 Å². The van der Waals surface area contributed by atoms with Crippen LogP contribution >= 0.6 is 0 Å². The molecule has 1 aromatic rings. The van der Waals surface area contributed by atoms with Gasteiger partial charge in [0, 0.05) is 37.7 Å². The van der Waals surface area contributed by atoms with Crippen LogP contribution < -0.4 is 10.1 Å². The number of hydrogen-bond acceptors (Lipinski definition) is 4. The summed E-state index contributed by atoms with van der Waals surface area (Å²) in [6, 6.07) is 8.36. The Bertz CT molecular complexity index is 539. The lowest BCUT2D eigenvalue weighted by Gasteiger charge is -2.33. The number of fused-ring (bicyclic) bond motifs is 1. The van der Waals surface area contributed by atoms with Gasteiger partial charge in [0.1, 0.15) is 11.4 Å². The van der Waals surface area contributed by atoms with Crippen molar-refractivity contribution >= 4 is 6.09 Å². The first-order valence-electron chi connectivity index (χ1n) is 8.17. The molecule has 2 atom stereocenters. The van der Waals surface area contributed by atoms with Gasteiger partial charge in [0.05, 0.1) is 6.61 Å². The highest BCUT2D eigenvalue weighted by Crippen LogP contribution is 2.34. The van der Waals surface area contributed by atoms with Gasteiger partial charge in [-0.2, -0.15) is 0 Å². The molecule has 5 heteroatoms. The van der Waals surface area contributed by atoms with E-state index in [9.17, 15) is 4.79 Å². The number of carbonyl (C=O) groups excluding carboxylic acids is 1. The fourth-order valence-electron chi connectivity index (χ4n) is 2.62. The molecule has 0 bridgehead atoms. The van der Waals surface area contributed by atoms with Crippen LogP contribution in [0, 0.1) is 5.92 Å². The standard InChI is InChI=1S/C18H28N2O3/c1-13-12-22-15-9-7-6-8-14(15)16(13)19-10-11-20(5)17(21)23-18(2,3)4/h6-9,13,16,19H,10-12H2,1-5H3. The van der Waals surface area contributed by atoms with E-state index >= 15 is 0 Å². The first-order chi connectivity index (χ1) is 10.8.